The van der Waals surface area contributed by atoms with Gasteiger partial charge < -0.3 is 4.98 Å². The van der Waals surface area contributed by atoms with Crippen molar-refractivity contribution in [3.63, 3.8) is 0 Å². The molecule has 21 heavy (non-hydrogen) atoms. The first-order chi connectivity index (χ1) is 9.92. The van der Waals surface area contributed by atoms with Crippen LogP contribution in [0, 0.1) is 5.82 Å². The van der Waals surface area contributed by atoms with E-state index in [0.717, 1.165) is 5.82 Å². The summed E-state index contributed by atoms with van der Waals surface area (Å²) in [4.78, 5) is 7.38. The summed E-state index contributed by atoms with van der Waals surface area (Å²) in [5, 5.41) is -0.383. The van der Waals surface area contributed by atoms with Gasteiger partial charge in [-0.05, 0) is 38.0 Å². The number of aryl methyl sites for hydroxylation is 1. The third kappa shape index (κ3) is 4.01. The highest BCUT2D eigenvalue weighted by molar-refractivity contribution is 7.90. The molecule has 2 N–H and O–H groups in total. The van der Waals surface area contributed by atoms with E-state index in [-0.39, 0.29) is 11.1 Å². The van der Waals surface area contributed by atoms with Crippen molar-refractivity contribution < 1.29 is 12.8 Å². The van der Waals surface area contributed by atoms with Crippen molar-refractivity contribution in [2.24, 2.45) is 0 Å². The zero-order valence-electron chi connectivity index (χ0n) is 12.2. The average Bonchev–Trinajstić information content (AvgIpc) is 2.84. The summed E-state index contributed by atoms with van der Waals surface area (Å²) < 4.78 is 39.2. The van der Waals surface area contributed by atoms with Gasteiger partial charge in [-0.15, -0.1) is 0 Å². The Morgan fingerprint density at radius 3 is 2.90 bits per heavy atom. The molecule has 0 spiro atoms. The summed E-state index contributed by atoms with van der Waals surface area (Å²) in [6, 6.07) is 4.39. The van der Waals surface area contributed by atoms with Crippen LogP contribution in [0.2, 0.25) is 0 Å². The highest BCUT2D eigenvalue weighted by Crippen LogP contribution is 2.13. The lowest BCUT2D eigenvalue weighted by Gasteiger charge is -2.11. The minimum atomic E-state index is -3.23. The molecule has 1 heterocycles. The molecule has 0 aliphatic heterocycles. The number of H-pyrrole nitrogens is 1. The fourth-order valence-corrected chi connectivity index (χ4v) is 3.14. The Hall–Kier alpha value is -1.47. The number of nitrogens with one attached hydrogen (secondary N) is 2. The van der Waals surface area contributed by atoms with E-state index in [0.29, 0.717) is 36.8 Å². The number of nitrogens with zero attached hydrogens (tertiary/aromatic N) is 1. The molecule has 1 unspecified atom stereocenters. The number of imidazole rings is 1. The summed E-state index contributed by atoms with van der Waals surface area (Å²) in [6.07, 6.45) is 1.84. The van der Waals surface area contributed by atoms with Gasteiger partial charge in [-0.2, -0.15) is 0 Å². The van der Waals surface area contributed by atoms with E-state index in [1.807, 2.05) is 6.92 Å². The van der Waals surface area contributed by atoms with Crippen LogP contribution in [0.5, 0.6) is 0 Å². The number of aromatic nitrogens is 2. The van der Waals surface area contributed by atoms with Crippen molar-refractivity contribution in [1.82, 2.24) is 14.7 Å². The Morgan fingerprint density at radius 1 is 1.43 bits per heavy atom. The van der Waals surface area contributed by atoms with Crippen molar-refractivity contribution in [1.29, 1.82) is 0 Å². The molecule has 1 aromatic heterocycles. The molecule has 0 saturated carbocycles. The minimum Gasteiger partial charge on any atom is -0.342 e. The van der Waals surface area contributed by atoms with Crippen LogP contribution in [0.25, 0.3) is 11.0 Å². The smallest absolute Gasteiger partial charge is 0.214 e. The van der Waals surface area contributed by atoms with Crippen LogP contribution in [0.3, 0.4) is 0 Å². The van der Waals surface area contributed by atoms with E-state index < -0.39 is 10.0 Å². The van der Waals surface area contributed by atoms with E-state index in [2.05, 4.69) is 14.7 Å². The van der Waals surface area contributed by atoms with Gasteiger partial charge in [0.15, 0.2) is 0 Å². The summed E-state index contributed by atoms with van der Waals surface area (Å²) in [5.41, 5.74) is 1.37. The summed E-state index contributed by atoms with van der Waals surface area (Å²) in [5.74, 6) is 0.428. The van der Waals surface area contributed by atoms with Crippen molar-refractivity contribution >= 4 is 21.1 Å². The van der Waals surface area contributed by atoms with Crippen LogP contribution in [0.4, 0.5) is 4.39 Å². The number of fused-ring (bicyclic) bond motifs is 1. The molecule has 0 radical (unpaired) electrons. The van der Waals surface area contributed by atoms with Crippen LogP contribution >= 0.6 is 0 Å². The average molecular weight is 313 g/mol. The van der Waals surface area contributed by atoms with Crippen LogP contribution in [0.15, 0.2) is 18.2 Å². The molecule has 0 bridgehead atoms. The van der Waals surface area contributed by atoms with E-state index in [1.54, 1.807) is 13.0 Å². The van der Waals surface area contributed by atoms with Gasteiger partial charge in [-0.25, -0.2) is 22.5 Å². The van der Waals surface area contributed by atoms with Gasteiger partial charge in [0.25, 0.3) is 0 Å². The maximum absolute atomic E-state index is 13.1. The number of halogens is 1. The molecule has 2 aromatic rings. The quantitative estimate of drug-likeness (QED) is 0.771. The lowest BCUT2D eigenvalue weighted by molar-refractivity contribution is 0.563. The zero-order valence-corrected chi connectivity index (χ0v) is 13.0. The van der Waals surface area contributed by atoms with Crippen LogP contribution < -0.4 is 4.72 Å². The van der Waals surface area contributed by atoms with Crippen molar-refractivity contribution in [3.8, 4) is 0 Å². The van der Waals surface area contributed by atoms with Gasteiger partial charge in [0.1, 0.15) is 11.6 Å². The lowest BCUT2D eigenvalue weighted by atomic mass is 10.3. The van der Waals surface area contributed by atoms with Gasteiger partial charge in [-0.1, -0.05) is 6.92 Å². The maximum Gasteiger partial charge on any atom is 0.214 e. The molecule has 0 amide bonds. The molecule has 1 atom stereocenters. The minimum absolute atomic E-state index is 0.306. The van der Waals surface area contributed by atoms with E-state index >= 15 is 0 Å². The normalized spacial score (nSPS) is 13.7. The van der Waals surface area contributed by atoms with Gasteiger partial charge in [-0.3, -0.25) is 0 Å². The third-order valence-electron chi connectivity index (χ3n) is 3.49. The second-order valence-electron chi connectivity index (χ2n) is 5.11. The molecule has 1 aromatic carbocycles. The number of aromatic amines is 1. The van der Waals surface area contributed by atoms with Crippen LogP contribution in [-0.2, 0) is 16.4 Å². The first kappa shape index (κ1) is 15.9. The fourth-order valence-electron chi connectivity index (χ4n) is 1.99. The third-order valence-corrected chi connectivity index (χ3v) is 5.49. The molecule has 2 rings (SSSR count). The number of benzene rings is 1. The van der Waals surface area contributed by atoms with Gasteiger partial charge in [0.05, 0.1) is 16.3 Å². The summed E-state index contributed by atoms with van der Waals surface area (Å²) in [6.45, 7) is 3.91. The highest BCUT2D eigenvalue weighted by Gasteiger charge is 2.17. The predicted molar refractivity (Wildman–Crippen MR) is 81.0 cm³/mol. The van der Waals surface area contributed by atoms with Gasteiger partial charge in [0, 0.05) is 13.0 Å². The van der Waals surface area contributed by atoms with Crippen molar-refractivity contribution in [3.05, 3.63) is 29.8 Å². The van der Waals surface area contributed by atoms with E-state index in [1.165, 1.54) is 12.1 Å². The Labute approximate surface area is 124 Å². The van der Waals surface area contributed by atoms with Crippen LogP contribution in [-0.4, -0.2) is 30.2 Å². The Bertz CT molecular complexity index is 712. The number of sulfonamides is 1. The van der Waals surface area contributed by atoms with Gasteiger partial charge in [0.2, 0.25) is 10.0 Å². The number of rotatable bonds is 7. The van der Waals surface area contributed by atoms with Gasteiger partial charge >= 0.3 is 0 Å². The maximum atomic E-state index is 13.1. The molecular weight excluding hydrogens is 293 g/mol. The summed E-state index contributed by atoms with van der Waals surface area (Å²) in [7, 11) is -3.23. The monoisotopic (exact) mass is 313 g/mol. The van der Waals surface area contributed by atoms with E-state index in [9.17, 15) is 12.8 Å². The number of hydrogen-bond donors (Lipinski definition) is 2. The summed E-state index contributed by atoms with van der Waals surface area (Å²) >= 11 is 0. The van der Waals surface area contributed by atoms with E-state index in [4.69, 9.17) is 0 Å². The lowest BCUT2D eigenvalue weighted by Crippen LogP contribution is -2.33. The first-order valence-electron chi connectivity index (χ1n) is 7.05. The predicted octanol–water partition coefficient (Wildman–Crippen LogP) is 2.35. The molecule has 116 valence electrons. The zero-order chi connectivity index (χ0) is 15.5. The topological polar surface area (TPSA) is 74.8 Å². The Morgan fingerprint density at radius 2 is 2.19 bits per heavy atom. The second-order valence-corrected chi connectivity index (χ2v) is 7.29. The molecule has 0 aliphatic carbocycles. The molecule has 0 saturated heterocycles. The number of hydrogen-bond acceptors (Lipinski definition) is 3. The molecular formula is C14H20FN3O2S. The SMILES string of the molecule is CCC(C)S(=O)(=O)NCCCc1nc2ccc(F)cc2[nH]1. The molecule has 0 aliphatic rings. The molecule has 0 fully saturated rings. The Balaban J connectivity index is 1.88. The first-order valence-corrected chi connectivity index (χ1v) is 8.59. The largest absolute Gasteiger partial charge is 0.342 e. The molecule has 5 nitrogen and oxygen atoms in total. The second kappa shape index (κ2) is 6.53. The van der Waals surface area contributed by atoms with Crippen LogP contribution in [0.1, 0.15) is 32.5 Å². The fraction of sp³-hybridized carbons (Fsp3) is 0.500. The standard InChI is InChI=1S/C14H20FN3O2S/c1-3-10(2)21(19,20)16-8-4-5-14-17-12-7-6-11(15)9-13(12)18-14/h6-7,9-10,16H,3-5,8H2,1-2H3,(H,17,18). The molecule has 7 heteroatoms. The highest BCUT2D eigenvalue weighted by atomic mass is 32.2. The Kier molecular flexibility index (Phi) is 4.95. The van der Waals surface area contributed by atoms with Crippen molar-refractivity contribution in [2.45, 2.75) is 38.4 Å². The van der Waals surface area contributed by atoms with Crippen molar-refractivity contribution in [2.75, 3.05) is 6.54 Å².